The largest absolute Gasteiger partial charge is 0.495 e. The van der Waals surface area contributed by atoms with Gasteiger partial charge in [-0.25, -0.2) is 8.42 Å². The number of methoxy groups -OCH3 is 1. The Morgan fingerprint density at radius 2 is 1.69 bits per heavy atom. The maximum atomic E-state index is 13.3. The molecule has 192 valence electrons. The topological polar surface area (TPSA) is 96.0 Å². The predicted octanol–water partition coefficient (Wildman–Crippen LogP) is 3.95. The van der Waals surface area contributed by atoms with Gasteiger partial charge in [0.25, 0.3) is 0 Å². The van der Waals surface area contributed by atoms with E-state index in [0.717, 1.165) is 16.3 Å². The number of hydrogen-bond donors (Lipinski definition) is 1. The van der Waals surface area contributed by atoms with Gasteiger partial charge in [0.05, 0.1) is 19.1 Å². The molecule has 0 aromatic heterocycles. The van der Waals surface area contributed by atoms with Gasteiger partial charge in [0.15, 0.2) is 0 Å². The van der Waals surface area contributed by atoms with E-state index >= 15 is 0 Å². The molecular weight excluding hydrogens is 534 g/mol. The first-order chi connectivity index (χ1) is 16.4. The summed E-state index contributed by atoms with van der Waals surface area (Å²) < 4.78 is 32.5. The lowest BCUT2D eigenvalue weighted by Gasteiger charge is -2.30. The van der Waals surface area contributed by atoms with Crippen molar-refractivity contribution in [2.24, 2.45) is 0 Å². The molecular formula is C25H34BrN3O5S. The fourth-order valence-corrected chi connectivity index (χ4v) is 4.83. The number of anilines is 1. The van der Waals surface area contributed by atoms with Crippen LogP contribution in [0.4, 0.5) is 5.69 Å². The Labute approximate surface area is 216 Å². The minimum atomic E-state index is -3.60. The summed E-state index contributed by atoms with van der Waals surface area (Å²) in [4.78, 5) is 27.5. The van der Waals surface area contributed by atoms with Crippen LogP contribution in [0.15, 0.2) is 53.0 Å². The van der Waals surface area contributed by atoms with Crippen LogP contribution in [-0.4, -0.2) is 57.1 Å². The van der Waals surface area contributed by atoms with Crippen molar-refractivity contribution in [2.75, 3.05) is 24.2 Å². The van der Waals surface area contributed by atoms with E-state index in [-0.39, 0.29) is 43.8 Å². The van der Waals surface area contributed by atoms with E-state index in [1.54, 1.807) is 31.2 Å². The molecule has 0 aliphatic rings. The van der Waals surface area contributed by atoms with Crippen LogP contribution in [-0.2, 0) is 26.2 Å². The number of benzene rings is 2. The zero-order valence-corrected chi connectivity index (χ0v) is 23.2. The number of carbonyl (C=O) groups excluding carboxylic acids is 2. The average Bonchev–Trinajstić information content (AvgIpc) is 2.79. The van der Waals surface area contributed by atoms with Gasteiger partial charge in [-0.05, 0) is 57.0 Å². The van der Waals surface area contributed by atoms with E-state index in [1.807, 2.05) is 38.1 Å². The summed E-state index contributed by atoms with van der Waals surface area (Å²) >= 11 is 3.41. The number of hydrogen-bond acceptors (Lipinski definition) is 5. The second-order valence-corrected chi connectivity index (χ2v) is 11.4. The Bertz CT molecular complexity index is 1110. The highest BCUT2D eigenvalue weighted by Crippen LogP contribution is 2.29. The molecule has 2 amide bonds. The normalized spacial score (nSPS) is 12.2. The molecule has 35 heavy (non-hydrogen) atoms. The number of sulfonamides is 1. The van der Waals surface area contributed by atoms with Crippen molar-refractivity contribution in [1.82, 2.24) is 10.2 Å². The number of halogens is 1. The van der Waals surface area contributed by atoms with E-state index in [1.165, 1.54) is 16.3 Å². The summed E-state index contributed by atoms with van der Waals surface area (Å²) in [5.74, 6) is -0.0369. The summed E-state index contributed by atoms with van der Waals surface area (Å²) in [6.45, 7) is 5.79. The number of carbonyl (C=O) groups is 2. The van der Waals surface area contributed by atoms with Crippen molar-refractivity contribution < 1.29 is 22.7 Å². The molecule has 0 unspecified atom stereocenters. The van der Waals surface area contributed by atoms with Crippen LogP contribution in [0.25, 0.3) is 0 Å². The van der Waals surface area contributed by atoms with E-state index < -0.39 is 16.1 Å². The molecule has 0 bridgehead atoms. The number of rotatable bonds is 12. The molecule has 0 saturated carbocycles. The summed E-state index contributed by atoms with van der Waals surface area (Å²) in [7, 11) is -2.13. The van der Waals surface area contributed by atoms with Crippen LogP contribution in [0.5, 0.6) is 5.75 Å². The molecule has 0 aliphatic carbocycles. The quantitative estimate of drug-likeness (QED) is 0.419. The fourth-order valence-electron chi connectivity index (χ4n) is 3.59. The molecule has 0 fully saturated rings. The van der Waals surface area contributed by atoms with Gasteiger partial charge < -0.3 is 15.0 Å². The zero-order chi connectivity index (χ0) is 26.2. The first-order valence-electron chi connectivity index (χ1n) is 11.4. The lowest BCUT2D eigenvalue weighted by Crippen LogP contribution is -2.49. The molecule has 0 spiro atoms. The standard InChI is InChI=1S/C25H34BrN3O5S/c1-18(2)27-25(31)19(3)28(17-20-12-14-21(26)15-13-20)24(30)11-8-16-29(35(5,32)33)22-9-6-7-10-23(22)34-4/h6-7,9-10,12-15,18-19H,8,11,16-17H2,1-5H3,(H,27,31)/t19-/m0/s1. The van der Waals surface area contributed by atoms with E-state index in [2.05, 4.69) is 21.2 Å². The fraction of sp³-hybridized carbons (Fsp3) is 0.440. The lowest BCUT2D eigenvalue weighted by molar-refractivity contribution is -0.140. The molecule has 10 heteroatoms. The second kappa shape index (κ2) is 12.9. The minimum Gasteiger partial charge on any atom is -0.495 e. The van der Waals surface area contributed by atoms with Gasteiger partial charge in [-0.3, -0.25) is 13.9 Å². The Morgan fingerprint density at radius 1 is 1.06 bits per heavy atom. The smallest absolute Gasteiger partial charge is 0.242 e. The van der Waals surface area contributed by atoms with E-state index in [4.69, 9.17) is 4.74 Å². The third-order valence-corrected chi connectivity index (χ3v) is 7.08. The molecule has 0 radical (unpaired) electrons. The maximum Gasteiger partial charge on any atom is 0.242 e. The molecule has 2 rings (SSSR count). The summed E-state index contributed by atoms with van der Waals surface area (Å²) in [5, 5.41) is 2.86. The Morgan fingerprint density at radius 3 is 2.26 bits per heavy atom. The van der Waals surface area contributed by atoms with Gasteiger partial charge >= 0.3 is 0 Å². The predicted molar refractivity (Wildman–Crippen MR) is 142 cm³/mol. The molecule has 1 atom stereocenters. The number of amides is 2. The number of para-hydroxylation sites is 2. The monoisotopic (exact) mass is 567 g/mol. The van der Waals surface area contributed by atoms with Gasteiger partial charge in [0.1, 0.15) is 11.8 Å². The van der Waals surface area contributed by atoms with Crippen molar-refractivity contribution >= 4 is 43.5 Å². The SMILES string of the molecule is COc1ccccc1N(CCCC(=O)N(Cc1ccc(Br)cc1)[C@@H](C)C(=O)NC(C)C)S(C)(=O)=O. The van der Waals surface area contributed by atoms with Crippen molar-refractivity contribution in [1.29, 1.82) is 0 Å². The van der Waals surface area contributed by atoms with Crippen LogP contribution < -0.4 is 14.4 Å². The van der Waals surface area contributed by atoms with E-state index in [9.17, 15) is 18.0 Å². The molecule has 0 heterocycles. The molecule has 2 aromatic rings. The van der Waals surface area contributed by atoms with Crippen LogP contribution in [0.1, 0.15) is 39.2 Å². The highest BCUT2D eigenvalue weighted by atomic mass is 79.9. The second-order valence-electron chi connectivity index (χ2n) is 8.60. The molecule has 8 nitrogen and oxygen atoms in total. The van der Waals surface area contributed by atoms with Gasteiger partial charge in [-0.15, -0.1) is 0 Å². The van der Waals surface area contributed by atoms with Crippen molar-refractivity contribution in [2.45, 2.75) is 52.2 Å². The summed E-state index contributed by atoms with van der Waals surface area (Å²) in [6, 6.07) is 13.7. The zero-order valence-electron chi connectivity index (χ0n) is 20.8. The molecule has 0 saturated heterocycles. The minimum absolute atomic E-state index is 0.0567. The molecule has 2 aromatic carbocycles. The van der Waals surface area contributed by atoms with Crippen LogP contribution in [0.3, 0.4) is 0 Å². The lowest BCUT2D eigenvalue weighted by atomic mass is 10.1. The number of ether oxygens (including phenoxy) is 1. The Balaban J connectivity index is 2.19. The average molecular weight is 569 g/mol. The van der Waals surface area contributed by atoms with Crippen LogP contribution in [0, 0.1) is 0 Å². The van der Waals surface area contributed by atoms with E-state index in [0.29, 0.717) is 11.4 Å². The summed E-state index contributed by atoms with van der Waals surface area (Å²) in [5.41, 5.74) is 1.30. The van der Waals surface area contributed by atoms with Crippen molar-refractivity contribution in [3.8, 4) is 5.75 Å². The Kier molecular flexibility index (Phi) is 10.6. The number of nitrogens with one attached hydrogen (secondary N) is 1. The molecule has 1 N–H and O–H groups in total. The van der Waals surface area contributed by atoms with Crippen molar-refractivity contribution in [3.05, 3.63) is 58.6 Å². The third kappa shape index (κ3) is 8.54. The third-order valence-electron chi connectivity index (χ3n) is 5.37. The summed E-state index contributed by atoms with van der Waals surface area (Å²) in [6.07, 6.45) is 1.48. The number of nitrogens with zero attached hydrogens (tertiary/aromatic N) is 2. The first-order valence-corrected chi connectivity index (χ1v) is 14.0. The maximum absolute atomic E-state index is 13.3. The van der Waals surface area contributed by atoms with Gasteiger partial charge in [0, 0.05) is 30.0 Å². The van der Waals surface area contributed by atoms with Gasteiger partial charge in [-0.2, -0.15) is 0 Å². The highest BCUT2D eigenvalue weighted by molar-refractivity contribution is 9.10. The van der Waals surface area contributed by atoms with Gasteiger partial charge in [0.2, 0.25) is 21.8 Å². The van der Waals surface area contributed by atoms with Crippen LogP contribution in [0.2, 0.25) is 0 Å². The highest BCUT2D eigenvalue weighted by Gasteiger charge is 2.27. The van der Waals surface area contributed by atoms with Gasteiger partial charge in [-0.1, -0.05) is 40.2 Å². The first kappa shape index (κ1) is 28.6. The Hall–Kier alpha value is -2.59. The molecule has 0 aliphatic heterocycles. The van der Waals surface area contributed by atoms with Crippen molar-refractivity contribution in [3.63, 3.8) is 0 Å². The van der Waals surface area contributed by atoms with Crippen LogP contribution >= 0.6 is 15.9 Å².